The molecule has 0 aromatic carbocycles. The number of hydrogen-bond acceptors (Lipinski definition) is 3. The van der Waals surface area contributed by atoms with Gasteiger partial charge in [-0.15, -0.1) is 0 Å². The van der Waals surface area contributed by atoms with Crippen LogP contribution in [0.1, 0.15) is 51.4 Å². The first-order valence-electron chi connectivity index (χ1n) is 7.37. The maximum absolute atomic E-state index is 11.7. The zero-order valence-electron chi connectivity index (χ0n) is 11.6. The molecular weight excluding hydrogens is 244 g/mol. The number of aliphatic carboxylic acids is 1. The third-order valence-corrected chi connectivity index (χ3v) is 3.51. The molecule has 0 aliphatic carbocycles. The summed E-state index contributed by atoms with van der Waals surface area (Å²) in [5, 5.41) is 14.7. The lowest BCUT2D eigenvalue weighted by Crippen LogP contribution is -2.34. The topological polar surface area (TPSA) is 78.4 Å². The van der Waals surface area contributed by atoms with Crippen LogP contribution in [0.2, 0.25) is 0 Å². The highest BCUT2D eigenvalue weighted by atomic mass is 16.4. The molecule has 5 nitrogen and oxygen atoms in total. The van der Waals surface area contributed by atoms with Crippen LogP contribution in [0.25, 0.3) is 0 Å². The summed E-state index contributed by atoms with van der Waals surface area (Å²) in [6.07, 6.45) is 6.78. The van der Waals surface area contributed by atoms with Crippen LogP contribution in [0.15, 0.2) is 0 Å². The second-order valence-electron chi connectivity index (χ2n) is 5.32. The maximum atomic E-state index is 11.7. The van der Waals surface area contributed by atoms with E-state index in [0.29, 0.717) is 18.9 Å². The van der Waals surface area contributed by atoms with Crippen LogP contribution < -0.4 is 10.6 Å². The second kappa shape index (κ2) is 9.78. The molecule has 1 rings (SSSR count). The highest BCUT2D eigenvalue weighted by Gasteiger charge is 2.16. The van der Waals surface area contributed by atoms with Gasteiger partial charge >= 0.3 is 5.97 Å². The third kappa shape index (κ3) is 8.59. The van der Waals surface area contributed by atoms with E-state index in [1.54, 1.807) is 0 Å². The summed E-state index contributed by atoms with van der Waals surface area (Å²) in [5.74, 6) is -0.0852. The number of carbonyl (C=O) groups is 2. The summed E-state index contributed by atoms with van der Waals surface area (Å²) in [5.41, 5.74) is 0. The standard InChI is InChI=1S/C14H26N2O3/c17-13(10-12-6-5-8-15-11-12)16-9-4-2-1-3-7-14(18)19/h12,15H,1-11H2,(H,16,17)(H,18,19). The van der Waals surface area contributed by atoms with Gasteiger partial charge in [0.25, 0.3) is 0 Å². The summed E-state index contributed by atoms with van der Waals surface area (Å²) in [6, 6.07) is 0. The summed E-state index contributed by atoms with van der Waals surface area (Å²) >= 11 is 0. The van der Waals surface area contributed by atoms with Crippen molar-refractivity contribution in [2.45, 2.75) is 51.4 Å². The van der Waals surface area contributed by atoms with Crippen molar-refractivity contribution in [1.82, 2.24) is 10.6 Å². The van der Waals surface area contributed by atoms with E-state index in [-0.39, 0.29) is 12.3 Å². The SMILES string of the molecule is O=C(O)CCCCCCNC(=O)CC1CCCNC1. The molecule has 0 radical (unpaired) electrons. The number of rotatable bonds is 9. The van der Waals surface area contributed by atoms with Gasteiger partial charge in [0.15, 0.2) is 0 Å². The fourth-order valence-electron chi connectivity index (χ4n) is 2.42. The number of carboxylic acid groups (broad SMARTS) is 1. The molecule has 0 aromatic heterocycles. The molecule has 1 heterocycles. The van der Waals surface area contributed by atoms with Gasteiger partial charge in [-0.1, -0.05) is 12.8 Å². The van der Waals surface area contributed by atoms with Crippen LogP contribution in [-0.4, -0.2) is 36.6 Å². The van der Waals surface area contributed by atoms with Crippen LogP contribution in [-0.2, 0) is 9.59 Å². The highest BCUT2D eigenvalue weighted by Crippen LogP contribution is 2.13. The van der Waals surface area contributed by atoms with Crippen LogP contribution in [0.5, 0.6) is 0 Å². The highest BCUT2D eigenvalue weighted by molar-refractivity contribution is 5.76. The minimum absolute atomic E-state index is 0.152. The Balaban J connectivity index is 1.90. The number of carbonyl (C=O) groups excluding carboxylic acids is 1. The van der Waals surface area contributed by atoms with Crippen molar-refractivity contribution in [3.05, 3.63) is 0 Å². The van der Waals surface area contributed by atoms with Crippen molar-refractivity contribution in [3.8, 4) is 0 Å². The van der Waals surface area contributed by atoms with Gasteiger partial charge in [-0.3, -0.25) is 9.59 Å². The van der Waals surface area contributed by atoms with Gasteiger partial charge in [-0.2, -0.15) is 0 Å². The quantitative estimate of drug-likeness (QED) is 0.555. The van der Waals surface area contributed by atoms with E-state index in [2.05, 4.69) is 10.6 Å². The van der Waals surface area contributed by atoms with Gasteiger partial charge in [-0.05, 0) is 44.7 Å². The lowest BCUT2D eigenvalue weighted by molar-refractivity contribution is -0.137. The Labute approximate surface area is 115 Å². The maximum Gasteiger partial charge on any atom is 0.303 e. The molecule has 1 aliphatic heterocycles. The van der Waals surface area contributed by atoms with Crippen molar-refractivity contribution in [1.29, 1.82) is 0 Å². The molecule has 1 unspecified atom stereocenters. The zero-order chi connectivity index (χ0) is 13.9. The normalized spacial score (nSPS) is 19.1. The Hall–Kier alpha value is -1.10. The molecule has 0 bridgehead atoms. The minimum atomic E-state index is -0.727. The average molecular weight is 270 g/mol. The molecule has 19 heavy (non-hydrogen) atoms. The molecule has 1 amide bonds. The summed E-state index contributed by atoms with van der Waals surface area (Å²) < 4.78 is 0. The summed E-state index contributed by atoms with van der Waals surface area (Å²) in [4.78, 5) is 22.0. The van der Waals surface area contributed by atoms with E-state index in [1.165, 1.54) is 6.42 Å². The van der Waals surface area contributed by atoms with Crippen LogP contribution in [0.4, 0.5) is 0 Å². The molecule has 0 saturated carbocycles. The number of amides is 1. The molecule has 1 saturated heterocycles. The molecular formula is C14H26N2O3. The fourth-order valence-corrected chi connectivity index (χ4v) is 2.42. The molecule has 1 fully saturated rings. The molecule has 110 valence electrons. The Morgan fingerprint density at radius 1 is 1.21 bits per heavy atom. The van der Waals surface area contributed by atoms with Crippen molar-refractivity contribution in [2.24, 2.45) is 5.92 Å². The lowest BCUT2D eigenvalue weighted by Gasteiger charge is -2.22. The van der Waals surface area contributed by atoms with Crippen LogP contribution in [0, 0.1) is 5.92 Å². The van der Waals surface area contributed by atoms with E-state index in [0.717, 1.165) is 45.2 Å². The van der Waals surface area contributed by atoms with Gasteiger partial charge in [0, 0.05) is 19.4 Å². The molecule has 3 N–H and O–H groups in total. The molecule has 1 atom stereocenters. The number of nitrogens with one attached hydrogen (secondary N) is 2. The zero-order valence-corrected chi connectivity index (χ0v) is 11.6. The van der Waals surface area contributed by atoms with E-state index < -0.39 is 5.97 Å². The molecule has 1 aliphatic rings. The van der Waals surface area contributed by atoms with Gasteiger partial charge in [0.05, 0.1) is 0 Å². The smallest absolute Gasteiger partial charge is 0.303 e. The first kappa shape index (κ1) is 16.0. The van der Waals surface area contributed by atoms with E-state index >= 15 is 0 Å². The Bertz CT molecular complexity index is 276. The molecule has 0 spiro atoms. The minimum Gasteiger partial charge on any atom is -0.481 e. The number of piperidine rings is 1. The number of unbranched alkanes of at least 4 members (excludes halogenated alkanes) is 3. The van der Waals surface area contributed by atoms with Crippen LogP contribution in [0.3, 0.4) is 0 Å². The average Bonchev–Trinajstić information content (AvgIpc) is 2.38. The van der Waals surface area contributed by atoms with Crippen LogP contribution >= 0.6 is 0 Å². The van der Waals surface area contributed by atoms with E-state index in [4.69, 9.17) is 5.11 Å². The Morgan fingerprint density at radius 3 is 2.68 bits per heavy atom. The largest absolute Gasteiger partial charge is 0.481 e. The van der Waals surface area contributed by atoms with Gasteiger partial charge in [-0.25, -0.2) is 0 Å². The first-order valence-corrected chi connectivity index (χ1v) is 7.37. The lowest BCUT2D eigenvalue weighted by atomic mass is 9.96. The number of carboxylic acids is 1. The molecule has 5 heteroatoms. The first-order chi connectivity index (χ1) is 9.18. The van der Waals surface area contributed by atoms with Gasteiger partial charge in [0.2, 0.25) is 5.91 Å². The van der Waals surface area contributed by atoms with E-state index in [9.17, 15) is 9.59 Å². The summed E-state index contributed by atoms with van der Waals surface area (Å²) in [7, 11) is 0. The number of hydrogen-bond donors (Lipinski definition) is 3. The predicted octanol–water partition coefficient (Wildman–Crippen LogP) is 1.53. The van der Waals surface area contributed by atoms with Crippen molar-refractivity contribution in [2.75, 3.05) is 19.6 Å². The molecule has 0 aromatic rings. The van der Waals surface area contributed by atoms with E-state index in [1.807, 2.05) is 0 Å². The predicted molar refractivity (Wildman–Crippen MR) is 73.9 cm³/mol. The van der Waals surface area contributed by atoms with Crippen molar-refractivity contribution < 1.29 is 14.7 Å². The van der Waals surface area contributed by atoms with Crippen molar-refractivity contribution >= 4 is 11.9 Å². The van der Waals surface area contributed by atoms with Gasteiger partial charge < -0.3 is 15.7 Å². The monoisotopic (exact) mass is 270 g/mol. The second-order valence-corrected chi connectivity index (χ2v) is 5.32. The van der Waals surface area contributed by atoms with Crippen molar-refractivity contribution in [3.63, 3.8) is 0 Å². The Morgan fingerprint density at radius 2 is 2.00 bits per heavy atom. The van der Waals surface area contributed by atoms with Gasteiger partial charge in [0.1, 0.15) is 0 Å². The third-order valence-electron chi connectivity index (χ3n) is 3.51. The summed E-state index contributed by atoms with van der Waals surface area (Å²) in [6.45, 7) is 2.75. The fraction of sp³-hybridized carbons (Fsp3) is 0.857. The Kier molecular flexibility index (Phi) is 8.21.